The average Bonchev–Trinajstić information content (AvgIpc) is 2.50. The molecule has 0 saturated heterocycles. The summed E-state index contributed by atoms with van der Waals surface area (Å²) in [5.74, 6) is -1.14. The van der Waals surface area contributed by atoms with E-state index in [2.05, 4.69) is 0 Å². The summed E-state index contributed by atoms with van der Waals surface area (Å²) in [7, 11) is 1.36. The quantitative estimate of drug-likeness (QED) is 0.827. The fourth-order valence-electron chi connectivity index (χ4n) is 3.08. The second-order valence-electron chi connectivity index (χ2n) is 7.67. The maximum Gasteiger partial charge on any atom is 0.416 e. The molecule has 1 atom stereocenters. The lowest BCUT2D eigenvalue weighted by Crippen LogP contribution is -2.45. The minimum Gasteiger partial charge on any atom is -0.478 e. The molecule has 2 rings (SSSR count). The third kappa shape index (κ3) is 4.03. The molecule has 1 aromatic rings. The van der Waals surface area contributed by atoms with E-state index in [1.165, 1.54) is 13.2 Å². The molecule has 0 bridgehead atoms. The number of aliphatic carboxylic acids is 1. The number of allylic oxidation sites excluding steroid dienone is 1. The maximum absolute atomic E-state index is 13.2. The van der Waals surface area contributed by atoms with Gasteiger partial charge < -0.3 is 14.7 Å². The molecule has 1 aromatic carbocycles. The Bertz CT molecular complexity index is 733. The lowest BCUT2D eigenvalue weighted by Gasteiger charge is -2.40. The molecule has 0 radical (unpaired) electrons. The zero-order valence-corrected chi connectivity index (χ0v) is 15.6. The molecular weight excluding hydrogens is 347 g/mol. The van der Waals surface area contributed by atoms with Crippen molar-refractivity contribution in [1.82, 2.24) is 0 Å². The molecule has 26 heavy (non-hydrogen) atoms. The molecule has 0 aliphatic carbocycles. The van der Waals surface area contributed by atoms with Crippen LogP contribution in [0.5, 0.6) is 0 Å². The van der Waals surface area contributed by atoms with Crippen LogP contribution >= 0.6 is 0 Å². The van der Waals surface area contributed by atoms with Crippen LogP contribution in [0.4, 0.5) is 18.9 Å². The van der Waals surface area contributed by atoms with E-state index >= 15 is 0 Å². The first-order valence-electron chi connectivity index (χ1n) is 8.32. The molecule has 1 aliphatic rings. The Morgan fingerprint density at radius 1 is 1.27 bits per heavy atom. The van der Waals surface area contributed by atoms with E-state index in [9.17, 15) is 23.1 Å². The van der Waals surface area contributed by atoms with Crippen LogP contribution in [0.1, 0.15) is 45.2 Å². The van der Waals surface area contributed by atoms with E-state index in [0.717, 1.165) is 12.1 Å². The topological polar surface area (TPSA) is 49.8 Å². The van der Waals surface area contributed by atoms with Crippen molar-refractivity contribution >= 4 is 17.2 Å². The van der Waals surface area contributed by atoms with Gasteiger partial charge in [-0.05, 0) is 36.5 Å². The summed E-state index contributed by atoms with van der Waals surface area (Å²) >= 11 is 0. The lowest BCUT2D eigenvalue weighted by atomic mass is 9.89. The number of carboxylic acid groups (broad SMARTS) is 1. The summed E-state index contributed by atoms with van der Waals surface area (Å²) in [6, 6.07) is 3.40. The van der Waals surface area contributed by atoms with Gasteiger partial charge in [0.25, 0.3) is 0 Å². The molecule has 0 saturated carbocycles. The first-order chi connectivity index (χ1) is 11.9. The van der Waals surface area contributed by atoms with E-state index in [4.69, 9.17) is 4.74 Å². The Morgan fingerprint density at radius 3 is 2.35 bits per heavy atom. The van der Waals surface area contributed by atoms with E-state index in [0.29, 0.717) is 29.8 Å². The SMILES string of the molecule is COC1C(C(=O)O)=C(C)c2ccc(C(F)(F)F)cc2N1CCC(C)(C)C. The van der Waals surface area contributed by atoms with Crippen molar-refractivity contribution in [3.63, 3.8) is 0 Å². The molecular formula is C19H24F3NO3. The number of hydrogen-bond acceptors (Lipinski definition) is 3. The number of rotatable bonds is 4. The van der Waals surface area contributed by atoms with Crippen molar-refractivity contribution in [2.45, 2.75) is 46.5 Å². The van der Waals surface area contributed by atoms with E-state index in [1.807, 2.05) is 20.8 Å². The minimum atomic E-state index is -4.47. The van der Waals surface area contributed by atoms with Crippen LogP contribution in [0.15, 0.2) is 23.8 Å². The standard InChI is InChI=1S/C19H24F3NO3/c1-11-13-7-6-12(19(20,21)22)10-14(13)23(9-8-18(2,3)4)16(26-5)15(11)17(24)25/h6-7,10,16H,8-9H2,1-5H3,(H,24,25). The normalized spacial score (nSPS) is 18.2. The summed E-state index contributed by atoms with van der Waals surface area (Å²) in [4.78, 5) is 13.4. The van der Waals surface area contributed by atoms with E-state index < -0.39 is 23.9 Å². The molecule has 144 valence electrons. The fourth-order valence-corrected chi connectivity index (χ4v) is 3.08. The second-order valence-corrected chi connectivity index (χ2v) is 7.67. The molecule has 1 unspecified atom stereocenters. The van der Waals surface area contributed by atoms with Crippen molar-refractivity contribution in [3.05, 3.63) is 34.9 Å². The van der Waals surface area contributed by atoms with Crippen LogP contribution in [-0.2, 0) is 15.7 Å². The van der Waals surface area contributed by atoms with Gasteiger partial charge >= 0.3 is 12.1 Å². The Labute approximate surface area is 151 Å². The average molecular weight is 371 g/mol. The molecule has 0 fully saturated rings. The molecule has 4 nitrogen and oxygen atoms in total. The lowest BCUT2D eigenvalue weighted by molar-refractivity contribution is -0.137. The van der Waals surface area contributed by atoms with Gasteiger partial charge in [-0.15, -0.1) is 0 Å². The van der Waals surface area contributed by atoms with Crippen LogP contribution in [0.3, 0.4) is 0 Å². The monoisotopic (exact) mass is 371 g/mol. The van der Waals surface area contributed by atoms with Gasteiger partial charge in [0.2, 0.25) is 0 Å². The number of hydrogen-bond donors (Lipinski definition) is 1. The Kier molecular flexibility index (Phi) is 5.42. The van der Waals surface area contributed by atoms with Crippen molar-refractivity contribution in [2.75, 3.05) is 18.6 Å². The van der Waals surface area contributed by atoms with Crippen LogP contribution in [0, 0.1) is 5.41 Å². The van der Waals surface area contributed by atoms with Crippen molar-refractivity contribution in [1.29, 1.82) is 0 Å². The molecule has 7 heteroatoms. The highest BCUT2D eigenvalue weighted by Crippen LogP contribution is 2.42. The van der Waals surface area contributed by atoms with E-state index in [1.54, 1.807) is 11.8 Å². The van der Waals surface area contributed by atoms with Crippen LogP contribution in [-0.4, -0.2) is 31.0 Å². The summed E-state index contributed by atoms with van der Waals surface area (Å²) in [5.41, 5.74) is 0.461. The zero-order valence-electron chi connectivity index (χ0n) is 15.6. The molecule has 1 heterocycles. The Morgan fingerprint density at radius 2 is 1.88 bits per heavy atom. The molecule has 1 N–H and O–H groups in total. The first-order valence-corrected chi connectivity index (χ1v) is 8.32. The van der Waals surface area contributed by atoms with Crippen LogP contribution in [0.2, 0.25) is 0 Å². The van der Waals surface area contributed by atoms with Gasteiger partial charge in [-0.25, -0.2) is 4.79 Å². The largest absolute Gasteiger partial charge is 0.478 e. The third-order valence-corrected chi connectivity index (χ3v) is 4.53. The van der Waals surface area contributed by atoms with Gasteiger partial charge in [0, 0.05) is 24.9 Å². The third-order valence-electron chi connectivity index (χ3n) is 4.53. The van der Waals surface area contributed by atoms with Crippen LogP contribution in [0.25, 0.3) is 5.57 Å². The summed E-state index contributed by atoms with van der Waals surface area (Å²) in [6.07, 6.45) is -4.75. The number of benzene rings is 1. The summed E-state index contributed by atoms with van der Waals surface area (Å²) in [6.45, 7) is 8.03. The van der Waals surface area contributed by atoms with Gasteiger partial charge in [0.1, 0.15) is 0 Å². The number of alkyl halides is 3. The number of carboxylic acids is 1. The number of nitrogens with zero attached hydrogens (tertiary/aromatic N) is 1. The fraction of sp³-hybridized carbons (Fsp3) is 0.526. The highest BCUT2D eigenvalue weighted by atomic mass is 19.4. The van der Waals surface area contributed by atoms with Gasteiger partial charge in [-0.3, -0.25) is 0 Å². The van der Waals surface area contributed by atoms with Crippen molar-refractivity contribution in [3.8, 4) is 0 Å². The van der Waals surface area contributed by atoms with Crippen molar-refractivity contribution in [2.24, 2.45) is 5.41 Å². The highest BCUT2D eigenvalue weighted by Gasteiger charge is 2.38. The molecule has 0 spiro atoms. The number of methoxy groups -OCH3 is 1. The maximum atomic E-state index is 13.2. The Hall–Kier alpha value is -2.02. The minimum absolute atomic E-state index is 0.0497. The molecule has 0 amide bonds. The van der Waals surface area contributed by atoms with Gasteiger partial charge in [-0.2, -0.15) is 13.2 Å². The number of halogens is 3. The first kappa shape index (κ1) is 20.3. The predicted octanol–water partition coefficient (Wildman–Crippen LogP) is 4.79. The van der Waals surface area contributed by atoms with Gasteiger partial charge in [-0.1, -0.05) is 26.8 Å². The predicted molar refractivity (Wildman–Crippen MR) is 93.9 cm³/mol. The second kappa shape index (κ2) is 6.95. The van der Waals surface area contributed by atoms with Gasteiger partial charge in [0.05, 0.1) is 11.1 Å². The Balaban J connectivity index is 2.64. The number of anilines is 1. The summed E-state index contributed by atoms with van der Waals surface area (Å²) in [5, 5.41) is 9.62. The van der Waals surface area contributed by atoms with Gasteiger partial charge in [0.15, 0.2) is 6.23 Å². The smallest absolute Gasteiger partial charge is 0.416 e. The molecule has 1 aliphatic heterocycles. The highest BCUT2D eigenvalue weighted by molar-refractivity contribution is 6.01. The number of fused-ring (bicyclic) bond motifs is 1. The van der Waals surface area contributed by atoms with E-state index in [-0.39, 0.29) is 11.0 Å². The number of carbonyl (C=O) groups is 1. The van der Waals surface area contributed by atoms with Crippen molar-refractivity contribution < 1.29 is 27.8 Å². The zero-order chi connectivity index (χ0) is 19.9. The van der Waals surface area contributed by atoms with Crippen LogP contribution < -0.4 is 4.90 Å². The molecule has 0 aromatic heterocycles. The number of ether oxygens (including phenoxy) is 1. The summed E-state index contributed by atoms with van der Waals surface area (Å²) < 4.78 is 45.0.